The Morgan fingerprint density at radius 3 is 2.00 bits per heavy atom. The fourth-order valence-corrected chi connectivity index (χ4v) is 1.94. The third-order valence-corrected chi connectivity index (χ3v) is 3.24. The summed E-state index contributed by atoms with van der Waals surface area (Å²) in [5.41, 5.74) is -1.79. The molecule has 4 heteroatoms. The molecule has 0 saturated carbocycles. The van der Waals surface area contributed by atoms with Gasteiger partial charge in [-0.05, 0) is 24.1 Å². The molecular formula is C17H15F3O. The Bertz CT molecular complexity index is 615. The van der Waals surface area contributed by atoms with Gasteiger partial charge in [-0.3, -0.25) is 0 Å². The van der Waals surface area contributed by atoms with Gasteiger partial charge in [0.05, 0.1) is 0 Å². The molecule has 1 nitrogen and oxygen atoms in total. The van der Waals surface area contributed by atoms with Crippen LogP contribution in [0.4, 0.5) is 13.2 Å². The molecule has 2 aromatic carbocycles. The van der Waals surface area contributed by atoms with Crippen LogP contribution in [-0.2, 0) is 5.60 Å². The summed E-state index contributed by atoms with van der Waals surface area (Å²) in [5.74, 6) is 0. The van der Waals surface area contributed by atoms with Gasteiger partial charge >= 0.3 is 6.18 Å². The van der Waals surface area contributed by atoms with Gasteiger partial charge < -0.3 is 5.11 Å². The fourth-order valence-electron chi connectivity index (χ4n) is 1.94. The molecule has 0 radical (unpaired) electrons. The number of hydrogen-bond donors (Lipinski definition) is 1. The van der Waals surface area contributed by atoms with Crippen molar-refractivity contribution < 1.29 is 18.3 Å². The lowest BCUT2D eigenvalue weighted by atomic mass is 9.91. The molecule has 0 aliphatic carbocycles. The summed E-state index contributed by atoms with van der Waals surface area (Å²) >= 11 is 0. The van der Waals surface area contributed by atoms with E-state index in [1.807, 2.05) is 0 Å². The Labute approximate surface area is 121 Å². The van der Waals surface area contributed by atoms with Crippen molar-refractivity contribution in [2.45, 2.75) is 18.7 Å². The van der Waals surface area contributed by atoms with E-state index in [1.54, 1.807) is 49.4 Å². The zero-order chi connectivity index (χ0) is 15.5. The molecule has 0 aliphatic rings. The topological polar surface area (TPSA) is 20.2 Å². The Hall–Kier alpha value is -2.07. The third kappa shape index (κ3) is 3.34. The second kappa shape index (κ2) is 5.74. The Kier molecular flexibility index (Phi) is 4.19. The molecule has 0 bridgehead atoms. The molecule has 0 aromatic heterocycles. The van der Waals surface area contributed by atoms with E-state index < -0.39 is 11.8 Å². The highest BCUT2D eigenvalue weighted by molar-refractivity contribution is 5.52. The first-order valence-corrected chi connectivity index (χ1v) is 6.43. The first-order valence-electron chi connectivity index (χ1n) is 6.43. The van der Waals surface area contributed by atoms with Gasteiger partial charge in [0.2, 0.25) is 5.60 Å². The van der Waals surface area contributed by atoms with Crippen molar-refractivity contribution >= 4 is 6.08 Å². The van der Waals surface area contributed by atoms with Gasteiger partial charge in [-0.2, -0.15) is 13.2 Å². The maximum atomic E-state index is 13.3. The Balaban J connectivity index is 2.43. The molecule has 0 amide bonds. The Morgan fingerprint density at radius 2 is 1.48 bits per heavy atom. The lowest BCUT2D eigenvalue weighted by molar-refractivity contribution is -0.244. The lowest BCUT2D eigenvalue weighted by Crippen LogP contribution is -2.40. The number of alkyl halides is 3. The number of aliphatic hydroxyl groups is 1. The predicted molar refractivity (Wildman–Crippen MR) is 76.6 cm³/mol. The summed E-state index contributed by atoms with van der Waals surface area (Å²) in [6, 6.07) is 14.2. The van der Waals surface area contributed by atoms with E-state index in [-0.39, 0.29) is 5.56 Å². The highest BCUT2D eigenvalue weighted by Gasteiger charge is 2.53. The molecule has 1 N–H and O–H groups in total. The molecule has 0 fully saturated rings. The van der Waals surface area contributed by atoms with Crippen molar-refractivity contribution in [2.24, 2.45) is 0 Å². The van der Waals surface area contributed by atoms with Crippen LogP contribution < -0.4 is 0 Å². The highest BCUT2D eigenvalue weighted by atomic mass is 19.4. The molecule has 21 heavy (non-hydrogen) atoms. The van der Waals surface area contributed by atoms with Gasteiger partial charge in [0.15, 0.2) is 0 Å². The summed E-state index contributed by atoms with van der Waals surface area (Å²) < 4.78 is 39.9. The number of benzene rings is 2. The normalized spacial score (nSPS) is 15.1. The smallest absolute Gasteiger partial charge is 0.373 e. The number of aryl methyl sites for hydroxylation is 1. The van der Waals surface area contributed by atoms with E-state index in [0.29, 0.717) is 5.56 Å². The Morgan fingerprint density at radius 1 is 0.905 bits per heavy atom. The summed E-state index contributed by atoms with van der Waals surface area (Å²) in [5, 5.41) is 10.2. The number of halogens is 3. The lowest BCUT2D eigenvalue weighted by Gasteiger charge is -2.28. The molecule has 2 rings (SSSR count). The second-order valence-corrected chi connectivity index (χ2v) is 4.87. The van der Waals surface area contributed by atoms with E-state index in [9.17, 15) is 18.3 Å². The van der Waals surface area contributed by atoms with Gasteiger partial charge in [-0.15, -0.1) is 0 Å². The van der Waals surface area contributed by atoms with Crippen LogP contribution in [0.3, 0.4) is 0 Å². The summed E-state index contributed by atoms with van der Waals surface area (Å²) in [7, 11) is 0. The largest absolute Gasteiger partial charge is 0.425 e. The van der Waals surface area contributed by atoms with Crippen LogP contribution in [0.2, 0.25) is 0 Å². The van der Waals surface area contributed by atoms with E-state index >= 15 is 0 Å². The average Bonchev–Trinajstić information content (AvgIpc) is 2.45. The molecule has 0 aliphatic heterocycles. The average molecular weight is 292 g/mol. The molecule has 0 spiro atoms. The van der Waals surface area contributed by atoms with Crippen LogP contribution in [-0.4, -0.2) is 11.3 Å². The van der Waals surface area contributed by atoms with E-state index in [2.05, 4.69) is 0 Å². The molecule has 2 aromatic rings. The van der Waals surface area contributed by atoms with E-state index in [0.717, 1.165) is 11.6 Å². The minimum absolute atomic E-state index is 0.201. The van der Waals surface area contributed by atoms with Crippen LogP contribution in [0, 0.1) is 6.92 Å². The SMILES string of the molecule is Cc1ccc(C(O)(C=Cc2ccccc2)C(F)(F)F)cc1. The van der Waals surface area contributed by atoms with Gasteiger partial charge in [0.1, 0.15) is 0 Å². The summed E-state index contributed by atoms with van der Waals surface area (Å²) in [6.45, 7) is 1.77. The monoisotopic (exact) mass is 292 g/mol. The van der Waals surface area contributed by atoms with Crippen molar-refractivity contribution in [3.8, 4) is 0 Å². The third-order valence-electron chi connectivity index (χ3n) is 3.24. The van der Waals surface area contributed by atoms with Crippen molar-refractivity contribution in [3.05, 3.63) is 77.4 Å². The van der Waals surface area contributed by atoms with Crippen LogP contribution in [0.1, 0.15) is 16.7 Å². The predicted octanol–water partition coefficient (Wildman–Crippen LogP) is 4.46. The minimum atomic E-state index is -4.80. The number of rotatable bonds is 3. The molecule has 1 unspecified atom stereocenters. The van der Waals surface area contributed by atoms with Crippen molar-refractivity contribution in [1.29, 1.82) is 0 Å². The van der Waals surface area contributed by atoms with Gasteiger partial charge in [-0.1, -0.05) is 66.2 Å². The zero-order valence-corrected chi connectivity index (χ0v) is 11.4. The molecule has 1 atom stereocenters. The summed E-state index contributed by atoms with van der Waals surface area (Å²) in [6.07, 6.45) is -2.74. The van der Waals surface area contributed by atoms with Gasteiger partial charge in [-0.25, -0.2) is 0 Å². The fraction of sp³-hybridized carbons (Fsp3) is 0.176. The summed E-state index contributed by atoms with van der Waals surface area (Å²) in [4.78, 5) is 0. The minimum Gasteiger partial charge on any atom is -0.373 e. The van der Waals surface area contributed by atoms with Gasteiger partial charge in [0.25, 0.3) is 0 Å². The molecular weight excluding hydrogens is 277 g/mol. The van der Waals surface area contributed by atoms with E-state index in [1.165, 1.54) is 18.2 Å². The first-order chi connectivity index (χ1) is 9.83. The molecule has 0 heterocycles. The molecule has 110 valence electrons. The van der Waals surface area contributed by atoms with Crippen molar-refractivity contribution in [1.82, 2.24) is 0 Å². The highest BCUT2D eigenvalue weighted by Crippen LogP contribution is 2.40. The first kappa shape index (κ1) is 15.3. The van der Waals surface area contributed by atoms with Crippen LogP contribution in [0.15, 0.2) is 60.7 Å². The van der Waals surface area contributed by atoms with Gasteiger partial charge in [0, 0.05) is 0 Å². The van der Waals surface area contributed by atoms with Crippen LogP contribution in [0.25, 0.3) is 6.08 Å². The zero-order valence-electron chi connectivity index (χ0n) is 11.4. The van der Waals surface area contributed by atoms with Crippen LogP contribution >= 0.6 is 0 Å². The standard InChI is InChI=1S/C17H15F3O/c1-13-7-9-15(10-8-13)16(21,17(18,19)20)12-11-14-5-3-2-4-6-14/h2-12,21H,1H3. The quantitative estimate of drug-likeness (QED) is 0.885. The maximum absolute atomic E-state index is 13.3. The van der Waals surface area contributed by atoms with E-state index in [4.69, 9.17) is 0 Å². The number of hydrogen-bond acceptors (Lipinski definition) is 1. The van der Waals surface area contributed by atoms with Crippen LogP contribution in [0.5, 0.6) is 0 Å². The molecule has 0 saturated heterocycles. The maximum Gasteiger partial charge on any atom is 0.425 e. The second-order valence-electron chi connectivity index (χ2n) is 4.87. The van der Waals surface area contributed by atoms with Crippen molar-refractivity contribution in [3.63, 3.8) is 0 Å². The van der Waals surface area contributed by atoms with Crippen molar-refractivity contribution in [2.75, 3.05) is 0 Å².